The summed E-state index contributed by atoms with van der Waals surface area (Å²) in [6, 6.07) is 0. The van der Waals surface area contributed by atoms with Gasteiger partial charge >= 0.3 is 5.97 Å². The molecule has 19 heavy (non-hydrogen) atoms. The van der Waals surface area contributed by atoms with Crippen LogP contribution < -0.4 is 0 Å². The van der Waals surface area contributed by atoms with Gasteiger partial charge in [0, 0.05) is 13.1 Å². The van der Waals surface area contributed by atoms with Crippen molar-refractivity contribution in [1.29, 1.82) is 0 Å². The number of ether oxygens (including phenoxy) is 1. The van der Waals surface area contributed by atoms with Gasteiger partial charge < -0.3 is 9.84 Å². The molecule has 0 bridgehead atoms. The van der Waals surface area contributed by atoms with Gasteiger partial charge in [0.1, 0.15) is 0 Å². The highest BCUT2D eigenvalue weighted by molar-refractivity contribution is 7.89. The molecular weight excluding hydrogens is 270 g/mol. The first-order valence-corrected chi connectivity index (χ1v) is 8.20. The smallest absolute Gasteiger partial charge is 0.307 e. The quantitative estimate of drug-likeness (QED) is 0.826. The van der Waals surface area contributed by atoms with Crippen molar-refractivity contribution in [3.8, 4) is 0 Å². The minimum absolute atomic E-state index is 0.150. The number of hydrogen-bond acceptors (Lipinski definition) is 4. The molecule has 1 saturated carbocycles. The van der Waals surface area contributed by atoms with Crippen molar-refractivity contribution in [3.05, 3.63) is 0 Å². The Kier molecular flexibility index (Phi) is 4.17. The first-order chi connectivity index (χ1) is 8.82. The normalized spacial score (nSPS) is 37.4. The zero-order chi connectivity index (χ0) is 14.2. The van der Waals surface area contributed by atoms with E-state index >= 15 is 0 Å². The largest absolute Gasteiger partial charge is 0.481 e. The highest BCUT2D eigenvalue weighted by atomic mass is 32.2. The van der Waals surface area contributed by atoms with Crippen molar-refractivity contribution in [2.75, 3.05) is 13.1 Å². The van der Waals surface area contributed by atoms with Gasteiger partial charge in [-0.05, 0) is 26.7 Å². The van der Waals surface area contributed by atoms with Crippen LogP contribution in [0.4, 0.5) is 0 Å². The summed E-state index contributed by atoms with van der Waals surface area (Å²) in [4.78, 5) is 11.2. The van der Waals surface area contributed by atoms with E-state index in [1.807, 2.05) is 13.8 Å². The molecule has 1 aliphatic carbocycles. The lowest BCUT2D eigenvalue weighted by Gasteiger charge is -2.36. The van der Waals surface area contributed by atoms with Gasteiger partial charge in [0.25, 0.3) is 0 Å². The maximum atomic E-state index is 12.6. The van der Waals surface area contributed by atoms with Gasteiger partial charge in [-0.3, -0.25) is 4.79 Å². The molecule has 0 aromatic rings. The second-order valence-electron chi connectivity index (χ2n) is 5.53. The monoisotopic (exact) mass is 291 g/mol. The predicted octanol–water partition coefficient (Wildman–Crippen LogP) is 0.679. The summed E-state index contributed by atoms with van der Waals surface area (Å²) >= 11 is 0. The van der Waals surface area contributed by atoms with E-state index in [1.165, 1.54) is 4.31 Å². The van der Waals surface area contributed by atoms with Crippen LogP contribution in [-0.2, 0) is 19.6 Å². The lowest BCUT2D eigenvalue weighted by atomic mass is 10.1. The van der Waals surface area contributed by atoms with Crippen LogP contribution >= 0.6 is 0 Å². The standard InChI is InChI=1S/C12H21NO5S/c1-8-6-13(7-9(2)18-8)19(16,17)11-5-3-4-10(11)12(14)15/h8-11H,3-7H2,1-2H3,(H,14,15). The van der Waals surface area contributed by atoms with E-state index in [0.717, 1.165) is 0 Å². The minimum atomic E-state index is -3.55. The molecule has 4 atom stereocenters. The number of nitrogens with zero attached hydrogens (tertiary/aromatic N) is 1. The Morgan fingerprint density at radius 1 is 1.21 bits per heavy atom. The molecule has 7 heteroatoms. The van der Waals surface area contributed by atoms with E-state index in [-0.39, 0.29) is 12.2 Å². The van der Waals surface area contributed by atoms with E-state index < -0.39 is 27.2 Å². The fourth-order valence-electron chi connectivity index (χ4n) is 3.10. The van der Waals surface area contributed by atoms with Crippen molar-refractivity contribution in [1.82, 2.24) is 4.31 Å². The summed E-state index contributed by atoms with van der Waals surface area (Å²) in [6.07, 6.45) is 1.26. The number of carboxylic acid groups (broad SMARTS) is 1. The van der Waals surface area contributed by atoms with E-state index in [1.54, 1.807) is 0 Å². The van der Waals surface area contributed by atoms with Crippen molar-refractivity contribution in [3.63, 3.8) is 0 Å². The first-order valence-electron chi connectivity index (χ1n) is 6.69. The minimum Gasteiger partial charge on any atom is -0.481 e. The number of carbonyl (C=O) groups is 1. The number of hydrogen-bond donors (Lipinski definition) is 1. The average molecular weight is 291 g/mol. The van der Waals surface area contributed by atoms with Crippen molar-refractivity contribution >= 4 is 16.0 Å². The Labute approximate surface area is 113 Å². The highest BCUT2D eigenvalue weighted by Crippen LogP contribution is 2.34. The molecule has 0 aromatic heterocycles. The van der Waals surface area contributed by atoms with Crippen LogP contribution in [0.25, 0.3) is 0 Å². The summed E-state index contributed by atoms with van der Waals surface area (Å²) in [5.74, 6) is -1.76. The summed E-state index contributed by atoms with van der Waals surface area (Å²) in [6.45, 7) is 4.30. The fourth-order valence-corrected chi connectivity index (χ4v) is 5.45. The van der Waals surface area contributed by atoms with Crippen molar-refractivity contribution in [2.45, 2.75) is 50.6 Å². The molecule has 110 valence electrons. The molecule has 1 saturated heterocycles. The van der Waals surface area contributed by atoms with Crippen LogP contribution in [0.3, 0.4) is 0 Å². The summed E-state index contributed by atoms with van der Waals surface area (Å²) < 4.78 is 32.1. The van der Waals surface area contributed by atoms with Gasteiger partial charge in [-0.1, -0.05) is 6.42 Å². The number of rotatable bonds is 3. The van der Waals surface area contributed by atoms with Crippen LogP contribution in [0.5, 0.6) is 0 Å². The number of morpholine rings is 1. The van der Waals surface area contributed by atoms with Crippen molar-refractivity contribution < 1.29 is 23.1 Å². The van der Waals surface area contributed by atoms with E-state index in [0.29, 0.717) is 32.4 Å². The van der Waals surface area contributed by atoms with Gasteiger partial charge in [0.05, 0.1) is 23.4 Å². The third-order valence-electron chi connectivity index (χ3n) is 3.90. The Morgan fingerprint density at radius 3 is 2.32 bits per heavy atom. The molecule has 4 unspecified atom stereocenters. The van der Waals surface area contributed by atoms with Crippen LogP contribution in [-0.4, -0.2) is 54.3 Å². The predicted molar refractivity (Wildman–Crippen MR) is 69.3 cm³/mol. The van der Waals surface area contributed by atoms with Crippen LogP contribution in [0.1, 0.15) is 33.1 Å². The Morgan fingerprint density at radius 2 is 1.79 bits per heavy atom. The molecular formula is C12H21NO5S. The van der Waals surface area contributed by atoms with Gasteiger partial charge in [0.15, 0.2) is 0 Å². The van der Waals surface area contributed by atoms with E-state index in [9.17, 15) is 13.2 Å². The fraction of sp³-hybridized carbons (Fsp3) is 0.917. The molecule has 0 radical (unpaired) electrons. The number of carboxylic acids is 1. The molecule has 0 spiro atoms. The van der Waals surface area contributed by atoms with Gasteiger partial charge in [0.2, 0.25) is 10.0 Å². The second kappa shape index (κ2) is 5.38. The molecule has 1 N–H and O–H groups in total. The average Bonchev–Trinajstić information content (AvgIpc) is 2.76. The Balaban J connectivity index is 2.19. The summed E-state index contributed by atoms with van der Waals surface area (Å²) in [5.41, 5.74) is 0. The number of sulfonamides is 1. The molecule has 6 nitrogen and oxygen atoms in total. The van der Waals surface area contributed by atoms with Crippen LogP contribution in [0.15, 0.2) is 0 Å². The maximum absolute atomic E-state index is 12.6. The van der Waals surface area contributed by atoms with Gasteiger partial charge in [-0.25, -0.2) is 8.42 Å². The summed E-state index contributed by atoms with van der Waals surface area (Å²) in [7, 11) is -3.55. The maximum Gasteiger partial charge on any atom is 0.307 e. The molecule has 2 rings (SSSR count). The van der Waals surface area contributed by atoms with Crippen LogP contribution in [0.2, 0.25) is 0 Å². The van der Waals surface area contributed by atoms with Gasteiger partial charge in [-0.15, -0.1) is 0 Å². The van der Waals surface area contributed by atoms with Crippen molar-refractivity contribution in [2.24, 2.45) is 5.92 Å². The highest BCUT2D eigenvalue weighted by Gasteiger charge is 2.45. The van der Waals surface area contributed by atoms with Gasteiger partial charge in [-0.2, -0.15) is 4.31 Å². The number of aliphatic carboxylic acids is 1. The SMILES string of the molecule is CC1CN(S(=O)(=O)C2CCCC2C(=O)O)CC(C)O1. The molecule has 2 aliphatic rings. The molecule has 1 aliphatic heterocycles. The molecule has 1 heterocycles. The molecule has 0 amide bonds. The first kappa shape index (κ1) is 14.7. The molecule has 2 fully saturated rings. The lowest BCUT2D eigenvalue weighted by molar-refractivity contribution is -0.141. The molecule has 0 aromatic carbocycles. The summed E-state index contributed by atoms with van der Waals surface area (Å²) in [5, 5.41) is 8.37. The van der Waals surface area contributed by atoms with E-state index in [4.69, 9.17) is 9.84 Å². The second-order valence-corrected chi connectivity index (χ2v) is 7.69. The Hall–Kier alpha value is -0.660. The topological polar surface area (TPSA) is 83.9 Å². The van der Waals surface area contributed by atoms with E-state index in [2.05, 4.69) is 0 Å². The zero-order valence-corrected chi connectivity index (χ0v) is 12.1. The zero-order valence-electron chi connectivity index (χ0n) is 11.3. The third-order valence-corrected chi connectivity index (χ3v) is 6.25. The third kappa shape index (κ3) is 2.93. The Bertz CT molecular complexity index is 439. The van der Waals surface area contributed by atoms with Crippen LogP contribution in [0, 0.1) is 5.92 Å². The lowest BCUT2D eigenvalue weighted by Crippen LogP contribution is -2.52.